The number of pyridine rings is 1. The van der Waals surface area contributed by atoms with Gasteiger partial charge in [-0.25, -0.2) is 4.68 Å². The number of rotatable bonds is 7. The minimum absolute atomic E-state index is 0.121. The average Bonchev–Trinajstić information content (AvgIpc) is 3.33. The quantitative estimate of drug-likeness (QED) is 0.257. The third-order valence-electron chi connectivity index (χ3n) is 7.30. The standard InChI is InChI=1S/C34H31N5O2S/c1-23-11-13-28(14-12-23)39-34-31(32(37-39)26-8-4-3-5-9-26)33(27-10-6-7-24(2)19-27)42-22-30(41)38(34)21-29(40)36-20-25-15-17-35-18-16-25/h3-19,33H,20-22H2,1-2H3,(H,36,40)/t33-/m0/s1. The summed E-state index contributed by atoms with van der Waals surface area (Å²) >= 11 is 1.57. The first-order valence-corrected chi connectivity index (χ1v) is 14.9. The molecular weight excluding hydrogens is 542 g/mol. The minimum atomic E-state index is -0.247. The summed E-state index contributed by atoms with van der Waals surface area (Å²) in [4.78, 5) is 32.9. The van der Waals surface area contributed by atoms with Crippen LogP contribution >= 0.6 is 11.8 Å². The number of benzene rings is 3. The number of aromatic nitrogens is 3. The highest BCUT2D eigenvalue weighted by Gasteiger charge is 2.37. The number of amides is 2. The van der Waals surface area contributed by atoms with Gasteiger partial charge in [0, 0.05) is 30.1 Å². The maximum Gasteiger partial charge on any atom is 0.240 e. The van der Waals surface area contributed by atoms with Crippen molar-refractivity contribution in [1.82, 2.24) is 20.1 Å². The van der Waals surface area contributed by atoms with Crippen LogP contribution in [0.15, 0.2) is 103 Å². The zero-order chi connectivity index (χ0) is 29.1. The number of fused-ring (bicyclic) bond motifs is 1. The number of hydrogen-bond donors (Lipinski definition) is 1. The monoisotopic (exact) mass is 573 g/mol. The van der Waals surface area contributed by atoms with Crippen LogP contribution in [0.1, 0.15) is 33.1 Å². The van der Waals surface area contributed by atoms with Crippen molar-refractivity contribution in [3.8, 4) is 16.9 Å². The lowest BCUT2D eigenvalue weighted by Crippen LogP contribution is -2.42. The zero-order valence-electron chi connectivity index (χ0n) is 23.5. The minimum Gasteiger partial charge on any atom is -0.350 e. The molecule has 5 aromatic rings. The highest BCUT2D eigenvalue weighted by atomic mass is 32.2. The fourth-order valence-corrected chi connectivity index (χ4v) is 6.38. The molecule has 0 unspecified atom stereocenters. The predicted octanol–water partition coefficient (Wildman–Crippen LogP) is 6.04. The van der Waals surface area contributed by atoms with Gasteiger partial charge in [0.05, 0.1) is 22.4 Å². The smallest absolute Gasteiger partial charge is 0.240 e. The van der Waals surface area contributed by atoms with Gasteiger partial charge in [0.25, 0.3) is 0 Å². The van der Waals surface area contributed by atoms with Gasteiger partial charge in [0.15, 0.2) is 0 Å². The number of hydrogen-bond acceptors (Lipinski definition) is 5. The van der Waals surface area contributed by atoms with Gasteiger partial charge in [-0.1, -0.05) is 77.9 Å². The fourth-order valence-electron chi connectivity index (χ4n) is 5.19. The molecule has 2 aromatic heterocycles. The number of aryl methyl sites for hydroxylation is 2. The van der Waals surface area contributed by atoms with Crippen LogP contribution in [-0.4, -0.2) is 38.9 Å². The number of nitrogens with zero attached hydrogens (tertiary/aromatic N) is 4. The third-order valence-corrected chi connectivity index (χ3v) is 8.56. The summed E-state index contributed by atoms with van der Waals surface area (Å²) in [5.74, 6) is 0.470. The molecule has 1 N–H and O–H groups in total. The van der Waals surface area contributed by atoms with Crippen molar-refractivity contribution in [2.75, 3.05) is 17.2 Å². The molecule has 1 aliphatic heterocycles. The second-order valence-corrected chi connectivity index (χ2v) is 11.5. The molecule has 1 aliphatic rings. The van der Waals surface area contributed by atoms with Crippen LogP contribution in [-0.2, 0) is 16.1 Å². The van der Waals surface area contributed by atoms with Gasteiger partial charge < -0.3 is 5.32 Å². The van der Waals surface area contributed by atoms with Gasteiger partial charge >= 0.3 is 0 Å². The Morgan fingerprint density at radius 2 is 1.69 bits per heavy atom. The predicted molar refractivity (Wildman–Crippen MR) is 168 cm³/mol. The Labute approximate surface area is 249 Å². The van der Waals surface area contributed by atoms with Gasteiger partial charge in [-0.05, 0) is 49.2 Å². The number of anilines is 1. The van der Waals surface area contributed by atoms with E-state index in [0.29, 0.717) is 12.4 Å². The van der Waals surface area contributed by atoms with E-state index in [-0.39, 0.29) is 29.4 Å². The van der Waals surface area contributed by atoms with Crippen molar-refractivity contribution >= 4 is 29.4 Å². The van der Waals surface area contributed by atoms with E-state index in [4.69, 9.17) is 5.10 Å². The Bertz CT molecular complexity index is 1720. The summed E-state index contributed by atoms with van der Waals surface area (Å²) in [6.07, 6.45) is 3.39. The Morgan fingerprint density at radius 3 is 2.43 bits per heavy atom. The summed E-state index contributed by atoms with van der Waals surface area (Å²) in [6.45, 7) is 4.34. The molecule has 0 aliphatic carbocycles. The van der Waals surface area contributed by atoms with Gasteiger partial charge in [-0.3, -0.25) is 19.5 Å². The second kappa shape index (κ2) is 12.0. The largest absolute Gasteiger partial charge is 0.350 e. The number of thioether (sulfide) groups is 1. The maximum atomic E-state index is 13.9. The molecule has 3 aromatic carbocycles. The Balaban J connectivity index is 1.52. The third kappa shape index (κ3) is 5.71. The number of carbonyl (C=O) groups excluding carboxylic acids is 2. The lowest BCUT2D eigenvalue weighted by Gasteiger charge is -2.23. The molecule has 0 bridgehead atoms. The number of carbonyl (C=O) groups is 2. The highest BCUT2D eigenvalue weighted by molar-refractivity contribution is 8.00. The molecule has 0 radical (unpaired) electrons. The molecule has 0 fully saturated rings. The normalized spacial score (nSPS) is 14.8. The molecule has 7 nitrogen and oxygen atoms in total. The molecule has 210 valence electrons. The van der Waals surface area contributed by atoms with Crippen molar-refractivity contribution < 1.29 is 9.59 Å². The van der Waals surface area contributed by atoms with Crippen molar-refractivity contribution in [3.63, 3.8) is 0 Å². The zero-order valence-corrected chi connectivity index (χ0v) is 24.3. The molecule has 0 spiro atoms. The van der Waals surface area contributed by atoms with Crippen LogP contribution in [0.4, 0.5) is 5.82 Å². The molecule has 6 rings (SSSR count). The molecular formula is C34H31N5O2S. The summed E-state index contributed by atoms with van der Waals surface area (Å²) < 4.78 is 1.83. The summed E-state index contributed by atoms with van der Waals surface area (Å²) in [7, 11) is 0. The molecule has 0 saturated heterocycles. The van der Waals surface area contributed by atoms with E-state index in [1.54, 1.807) is 29.1 Å². The SMILES string of the molecule is Cc1ccc(-n2nc(-c3ccccc3)c3c2N(CC(=O)NCc2ccncc2)C(=O)CS[C@H]3c2cccc(C)c2)cc1. The summed E-state index contributed by atoms with van der Waals surface area (Å²) in [5.41, 5.74) is 7.79. The van der Waals surface area contributed by atoms with Crippen LogP contribution in [0.25, 0.3) is 16.9 Å². The van der Waals surface area contributed by atoms with E-state index < -0.39 is 0 Å². The van der Waals surface area contributed by atoms with E-state index in [9.17, 15) is 9.59 Å². The van der Waals surface area contributed by atoms with Crippen LogP contribution in [0, 0.1) is 13.8 Å². The summed E-state index contributed by atoms with van der Waals surface area (Å²) in [6, 6.07) is 30.2. The van der Waals surface area contributed by atoms with Crippen LogP contribution in [0.5, 0.6) is 0 Å². The summed E-state index contributed by atoms with van der Waals surface area (Å²) in [5, 5.41) is 7.97. The molecule has 3 heterocycles. The van der Waals surface area contributed by atoms with Gasteiger partial charge in [0.1, 0.15) is 12.4 Å². The molecule has 42 heavy (non-hydrogen) atoms. The van der Waals surface area contributed by atoms with Gasteiger partial charge in [-0.2, -0.15) is 5.10 Å². The van der Waals surface area contributed by atoms with Crippen LogP contribution in [0.3, 0.4) is 0 Å². The van der Waals surface area contributed by atoms with Crippen LogP contribution < -0.4 is 10.2 Å². The lowest BCUT2D eigenvalue weighted by molar-refractivity contribution is -0.123. The van der Waals surface area contributed by atoms with E-state index in [1.807, 2.05) is 78.3 Å². The lowest BCUT2D eigenvalue weighted by atomic mass is 9.98. The van der Waals surface area contributed by atoms with E-state index >= 15 is 0 Å². The first-order valence-electron chi connectivity index (χ1n) is 13.9. The van der Waals surface area contributed by atoms with Crippen molar-refractivity contribution in [3.05, 3.63) is 131 Å². The van der Waals surface area contributed by atoms with E-state index in [1.165, 1.54) is 0 Å². The first-order chi connectivity index (χ1) is 20.5. The molecule has 0 saturated carbocycles. The Hall–Kier alpha value is -4.69. The van der Waals surface area contributed by atoms with E-state index in [2.05, 4.69) is 41.5 Å². The Kier molecular flexibility index (Phi) is 7.88. The number of nitrogens with one attached hydrogen (secondary N) is 1. The van der Waals surface area contributed by atoms with Crippen molar-refractivity contribution in [2.45, 2.75) is 25.6 Å². The van der Waals surface area contributed by atoms with Crippen molar-refractivity contribution in [1.29, 1.82) is 0 Å². The maximum absolute atomic E-state index is 13.9. The van der Waals surface area contributed by atoms with Crippen molar-refractivity contribution in [2.24, 2.45) is 0 Å². The van der Waals surface area contributed by atoms with Gasteiger partial charge in [-0.15, -0.1) is 11.8 Å². The highest BCUT2D eigenvalue weighted by Crippen LogP contribution is 2.48. The average molecular weight is 574 g/mol. The Morgan fingerprint density at radius 1 is 0.929 bits per heavy atom. The first kappa shape index (κ1) is 27.5. The molecule has 2 amide bonds. The topological polar surface area (TPSA) is 80.1 Å². The molecule has 8 heteroatoms. The second-order valence-electron chi connectivity index (χ2n) is 10.4. The van der Waals surface area contributed by atoms with Crippen LogP contribution in [0.2, 0.25) is 0 Å². The molecule has 1 atom stereocenters. The van der Waals surface area contributed by atoms with Gasteiger partial charge in [0.2, 0.25) is 11.8 Å². The fraction of sp³-hybridized carbons (Fsp3) is 0.176. The van der Waals surface area contributed by atoms with E-state index in [0.717, 1.165) is 44.8 Å².